The molecule has 0 bridgehead atoms. The highest BCUT2D eigenvalue weighted by Crippen LogP contribution is 2.25. The van der Waals surface area contributed by atoms with E-state index in [1.807, 2.05) is 0 Å². The Morgan fingerprint density at radius 3 is 2.52 bits per heavy atom. The predicted molar refractivity (Wildman–Crippen MR) is 100 cm³/mol. The molecule has 140 valence electrons. The van der Waals surface area contributed by atoms with E-state index in [-0.39, 0.29) is 29.5 Å². The van der Waals surface area contributed by atoms with E-state index in [0.29, 0.717) is 23.3 Å². The average Bonchev–Trinajstić information content (AvgIpc) is 2.64. The number of ether oxygens (including phenoxy) is 1. The maximum Gasteiger partial charge on any atom is 0.303 e. The normalized spacial score (nSPS) is 10.7. The number of ketones is 1. The summed E-state index contributed by atoms with van der Waals surface area (Å²) in [6, 6.07) is 10.7. The Bertz CT molecular complexity index is 876. The minimum atomic E-state index is -0.877. The van der Waals surface area contributed by atoms with E-state index < -0.39 is 10.9 Å². The highest BCUT2D eigenvalue weighted by molar-refractivity contribution is 6.32. The second-order valence-corrected chi connectivity index (χ2v) is 5.94. The Hall–Kier alpha value is -3.19. The number of carboxylic acids is 1. The molecule has 0 atom stereocenters. The number of aliphatic carboxylic acids is 1. The summed E-state index contributed by atoms with van der Waals surface area (Å²) in [6.45, 7) is 0.273. The minimum Gasteiger partial charge on any atom is -0.494 e. The highest BCUT2D eigenvalue weighted by Gasteiger charge is 2.12. The summed E-state index contributed by atoms with van der Waals surface area (Å²) in [5, 5.41) is 19.5. The summed E-state index contributed by atoms with van der Waals surface area (Å²) >= 11 is 5.75. The molecule has 0 aliphatic carbocycles. The summed E-state index contributed by atoms with van der Waals surface area (Å²) in [4.78, 5) is 32.9. The number of allylic oxidation sites excluding steroid dienone is 1. The predicted octanol–water partition coefficient (Wildman–Crippen LogP) is 4.39. The van der Waals surface area contributed by atoms with Crippen molar-refractivity contribution in [1.29, 1.82) is 0 Å². The van der Waals surface area contributed by atoms with Crippen molar-refractivity contribution in [3.8, 4) is 5.75 Å². The molecule has 0 saturated carbocycles. The van der Waals surface area contributed by atoms with Gasteiger partial charge in [-0.2, -0.15) is 0 Å². The zero-order valence-corrected chi connectivity index (χ0v) is 14.9. The van der Waals surface area contributed by atoms with E-state index in [0.717, 1.165) is 0 Å². The largest absolute Gasteiger partial charge is 0.494 e. The molecule has 1 N–H and O–H groups in total. The first-order chi connectivity index (χ1) is 12.9. The zero-order valence-electron chi connectivity index (χ0n) is 14.1. The van der Waals surface area contributed by atoms with Crippen molar-refractivity contribution in [2.45, 2.75) is 12.8 Å². The SMILES string of the molecule is O=C(O)CCCOc1ccc(C(=O)/C=C/c2ccc(Cl)c([N+](=O)[O-])c2)cc1. The van der Waals surface area contributed by atoms with Crippen LogP contribution in [0.1, 0.15) is 28.8 Å². The molecule has 0 unspecified atom stereocenters. The molecule has 8 heteroatoms. The number of nitro groups is 1. The number of nitro benzene ring substituents is 1. The van der Waals surface area contributed by atoms with Crippen molar-refractivity contribution in [2.24, 2.45) is 0 Å². The molecule has 0 radical (unpaired) electrons. The maximum absolute atomic E-state index is 12.2. The van der Waals surface area contributed by atoms with Crippen molar-refractivity contribution in [1.82, 2.24) is 0 Å². The summed E-state index contributed by atoms with van der Waals surface area (Å²) in [7, 11) is 0. The van der Waals surface area contributed by atoms with Gasteiger partial charge in [-0.25, -0.2) is 0 Å². The van der Waals surface area contributed by atoms with Crippen molar-refractivity contribution < 1.29 is 24.4 Å². The number of hydrogen-bond acceptors (Lipinski definition) is 5. The molecule has 0 amide bonds. The Morgan fingerprint density at radius 1 is 1.19 bits per heavy atom. The maximum atomic E-state index is 12.2. The zero-order chi connectivity index (χ0) is 19.8. The van der Waals surface area contributed by atoms with E-state index in [4.69, 9.17) is 21.4 Å². The van der Waals surface area contributed by atoms with E-state index in [1.165, 1.54) is 24.3 Å². The smallest absolute Gasteiger partial charge is 0.303 e. The summed E-state index contributed by atoms with van der Waals surface area (Å²) in [5.41, 5.74) is 0.682. The Balaban J connectivity index is 1.97. The molecule has 7 nitrogen and oxygen atoms in total. The van der Waals surface area contributed by atoms with Crippen LogP contribution in [0.2, 0.25) is 5.02 Å². The first-order valence-electron chi connectivity index (χ1n) is 7.98. The quantitative estimate of drug-likeness (QED) is 0.224. The topological polar surface area (TPSA) is 107 Å². The van der Waals surface area contributed by atoms with Crippen LogP contribution in [0.4, 0.5) is 5.69 Å². The standard InChI is InChI=1S/C19H16ClNO6/c20-16-9-3-13(12-17(16)21(25)26)4-10-18(22)14-5-7-15(8-6-14)27-11-1-2-19(23)24/h3-10,12H,1-2,11H2,(H,23,24)/b10-4+. The van der Waals surface area contributed by atoms with Crippen LogP contribution < -0.4 is 4.74 Å². The number of nitrogens with zero attached hydrogens (tertiary/aromatic N) is 1. The van der Waals surface area contributed by atoms with Crippen LogP contribution >= 0.6 is 11.6 Å². The lowest BCUT2D eigenvalue weighted by Crippen LogP contribution is -2.02. The fourth-order valence-electron chi connectivity index (χ4n) is 2.17. The number of carbonyl (C=O) groups is 2. The monoisotopic (exact) mass is 389 g/mol. The Labute approximate surface area is 160 Å². The van der Waals surface area contributed by atoms with Gasteiger partial charge in [-0.05, 0) is 48.4 Å². The van der Waals surface area contributed by atoms with Crippen molar-refractivity contribution in [3.63, 3.8) is 0 Å². The molecule has 0 spiro atoms. The minimum absolute atomic E-state index is 0.0300. The van der Waals surface area contributed by atoms with E-state index in [1.54, 1.807) is 30.3 Å². The Morgan fingerprint density at radius 2 is 1.89 bits per heavy atom. The van der Waals surface area contributed by atoms with Crippen molar-refractivity contribution in [3.05, 3.63) is 74.8 Å². The van der Waals surface area contributed by atoms with Crippen LogP contribution in [-0.4, -0.2) is 28.4 Å². The van der Waals surface area contributed by atoms with Crippen LogP contribution in [0.5, 0.6) is 5.75 Å². The highest BCUT2D eigenvalue weighted by atomic mass is 35.5. The molecule has 2 rings (SSSR count). The van der Waals surface area contributed by atoms with Crippen LogP contribution in [0.25, 0.3) is 6.08 Å². The van der Waals surface area contributed by atoms with Crippen LogP contribution in [-0.2, 0) is 4.79 Å². The van der Waals surface area contributed by atoms with Crippen molar-refractivity contribution >= 4 is 35.1 Å². The summed E-state index contributed by atoms with van der Waals surface area (Å²) in [6.07, 6.45) is 3.22. The van der Waals surface area contributed by atoms with Gasteiger partial charge in [0.15, 0.2) is 5.78 Å². The summed E-state index contributed by atoms with van der Waals surface area (Å²) < 4.78 is 5.40. The molecule has 0 aliphatic heterocycles. The molecule has 0 aliphatic rings. The third-order valence-corrected chi connectivity index (χ3v) is 3.86. The van der Waals surface area contributed by atoms with E-state index >= 15 is 0 Å². The number of halogens is 1. The van der Waals surface area contributed by atoms with Gasteiger partial charge >= 0.3 is 5.97 Å². The second kappa shape index (κ2) is 9.49. The number of benzene rings is 2. The van der Waals surface area contributed by atoms with Gasteiger partial charge in [0.05, 0.1) is 11.5 Å². The van der Waals surface area contributed by atoms with Gasteiger partial charge in [-0.15, -0.1) is 0 Å². The molecule has 2 aromatic rings. The van der Waals surface area contributed by atoms with Gasteiger partial charge in [-0.1, -0.05) is 23.7 Å². The third kappa shape index (κ3) is 6.23. The van der Waals surface area contributed by atoms with E-state index in [2.05, 4.69) is 0 Å². The third-order valence-electron chi connectivity index (χ3n) is 3.54. The summed E-state index contributed by atoms with van der Waals surface area (Å²) in [5.74, 6) is -0.614. The van der Waals surface area contributed by atoms with Crippen LogP contribution in [0, 0.1) is 10.1 Å². The van der Waals surface area contributed by atoms with E-state index in [9.17, 15) is 19.7 Å². The molecule has 0 fully saturated rings. The number of carbonyl (C=O) groups excluding carboxylic acids is 1. The fraction of sp³-hybridized carbons (Fsp3) is 0.158. The van der Waals surface area contributed by atoms with Gasteiger partial charge in [-0.3, -0.25) is 19.7 Å². The van der Waals surface area contributed by atoms with Crippen LogP contribution in [0.3, 0.4) is 0 Å². The molecule has 0 saturated heterocycles. The molecule has 27 heavy (non-hydrogen) atoms. The van der Waals surface area contributed by atoms with Gasteiger partial charge in [0.1, 0.15) is 10.8 Å². The molecular weight excluding hydrogens is 374 g/mol. The number of carboxylic acid groups (broad SMARTS) is 1. The molecule has 0 aromatic heterocycles. The van der Waals surface area contributed by atoms with Gasteiger partial charge < -0.3 is 9.84 Å². The first-order valence-corrected chi connectivity index (χ1v) is 8.35. The lowest BCUT2D eigenvalue weighted by molar-refractivity contribution is -0.384. The molecule has 2 aromatic carbocycles. The molecular formula is C19H16ClNO6. The van der Waals surface area contributed by atoms with Gasteiger partial charge in [0.2, 0.25) is 0 Å². The average molecular weight is 390 g/mol. The Kier molecular flexibility index (Phi) is 7.08. The second-order valence-electron chi connectivity index (χ2n) is 5.54. The number of hydrogen-bond donors (Lipinski definition) is 1. The molecule has 0 heterocycles. The van der Waals surface area contributed by atoms with Gasteiger partial charge in [0, 0.05) is 18.1 Å². The fourth-order valence-corrected chi connectivity index (χ4v) is 2.36. The lowest BCUT2D eigenvalue weighted by atomic mass is 10.1. The lowest BCUT2D eigenvalue weighted by Gasteiger charge is -2.05. The van der Waals surface area contributed by atoms with Gasteiger partial charge in [0.25, 0.3) is 5.69 Å². The van der Waals surface area contributed by atoms with Crippen molar-refractivity contribution in [2.75, 3.05) is 6.61 Å². The van der Waals surface area contributed by atoms with Crippen LogP contribution in [0.15, 0.2) is 48.5 Å². The first kappa shape index (κ1) is 20.1. The number of rotatable bonds is 9.